The van der Waals surface area contributed by atoms with Crippen molar-refractivity contribution in [1.82, 2.24) is 10.3 Å². The molecular weight excluding hydrogens is 336 g/mol. The largest absolute Gasteiger partial charge is 0.343 e. The number of aromatic nitrogens is 1. The maximum atomic E-state index is 12.1. The first-order valence-corrected chi connectivity index (χ1v) is 7.28. The van der Waals surface area contributed by atoms with Crippen molar-refractivity contribution in [3.05, 3.63) is 49.8 Å². The first-order valence-electron chi connectivity index (χ1n) is 5.23. The van der Waals surface area contributed by atoms with Gasteiger partial charge in [0.15, 0.2) is 0 Å². The van der Waals surface area contributed by atoms with Gasteiger partial charge in [0, 0.05) is 21.1 Å². The van der Waals surface area contributed by atoms with Crippen LogP contribution >= 0.6 is 38.9 Å². The van der Waals surface area contributed by atoms with Crippen molar-refractivity contribution >= 4 is 44.8 Å². The smallest absolute Gasteiger partial charge is 0.252 e. The van der Waals surface area contributed by atoms with Crippen LogP contribution in [0.1, 0.15) is 28.3 Å². The Bertz CT molecular complexity index is 559. The predicted molar refractivity (Wildman–Crippen MR) is 77.1 cm³/mol. The Hall–Kier alpha value is -0.910. The van der Waals surface area contributed by atoms with E-state index in [0.29, 0.717) is 15.1 Å². The van der Waals surface area contributed by atoms with Gasteiger partial charge in [-0.2, -0.15) is 0 Å². The lowest BCUT2D eigenvalue weighted by Crippen LogP contribution is -2.26. The minimum absolute atomic E-state index is 0.111. The zero-order chi connectivity index (χ0) is 13.1. The van der Waals surface area contributed by atoms with Crippen LogP contribution in [0.4, 0.5) is 0 Å². The summed E-state index contributed by atoms with van der Waals surface area (Å²) in [7, 11) is 0. The van der Waals surface area contributed by atoms with Gasteiger partial charge in [-0.15, -0.1) is 11.3 Å². The molecule has 0 aliphatic heterocycles. The van der Waals surface area contributed by atoms with E-state index in [1.165, 1.54) is 11.3 Å². The van der Waals surface area contributed by atoms with Crippen molar-refractivity contribution in [2.75, 3.05) is 0 Å². The van der Waals surface area contributed by atoms with E-state index in [-0.39, 0.29) is 11.9 Å². The Balaban J connectivity index is 2.12. The Kier molecular flexibility index (Phi) is 4.37. The molecule has 0 aliphatic carbocycles. The minimum atomic E-state index is -0.152. The molecule has 2 aromatic rings. The van der Waals surface area contributed by atoms with Crippen molar-refractivity contribution in [2.45, 2.75) is 13.0 Å². The summed E-state index contributed by atoms with van der Waals surface area (Å²) in [6.45, 7) is 1.90. The van der Waals surface area contributed by atoms with E-state index in [2.05, 4.69) is 26.2 Å². The molecule has 18 heavy (non-hydrogen) atoms. The first kappa shape index (κ1) is 13.5. The van der Waals surface area contributed by atoms with Crippen molar-refractivity contribution in [2.24, 2.45) is 0 Å². The normalized spacial score (nSPS) is 12.2. The van der Waals surface area contributed by atoms with Crippen molar-refractivity contribution in [3.8, 4) is 0 Å². The van der Waals surface area contributed by atoms with Crippen molar-refractivity contribution < 1.29 is 4.79 Å². The van der Waals surface area contributed by atoms with Crippen LogP contribution in [-0.2, 0) is 0 Å². The fourth-order valence-corrected chi connectivity index (χ4v) is 2.97. The molecule has 0 saturated carbocycles. The summed E-state index contributed by atoms with van der Waals surface area (Å²) in [5.74, 6) is -0.152. The molecular formula is C12H10BrClN2OS. The molecule has 1 heterocycles. The van der Waals surface area contributed by atoms with Gasteiger partial charge in [0.05, 0.1) is 11.6 Å². The highest BCUT2D eigenvalue weighted by Gasteiger charge is 2.15. The molecule has 0 bridgehead atoms. The van der Waals surface area contributed by atoms with Crippen LogP contribution in [-0.4, -0.2) is 10.9 Å². The number of thiazole rings is 1. The van der Waals surface area contributed by atoms with Gasteiger partial charge in [-0.25, -0.2) is 4.98 Å². The van der Waals surface area contributed by atoms with Crippen LogP contribution < -0.4 is 5.32 Å². The lowest BCUT2D eigenvalue weighted by Gasteiger charge is -2.12. The molecule has 3 nitrogen and oxygen atoms in total. The second-order valence-corrected chi connectivity index (χ2v) is 5.91. The van der Waals surface area contributed by atoms with Gasteiger partial charge in [0.2, 0.25) is 0 Å². The quantitative estimate of drug-likeness (QED) is 0.912. The zero-order valence-electron chi connectivity index (χ0n) is 9.48. The highest BCUT2D eigenvalue weighted by Crippen LogP contribution is 2.22. The summed E-state index contributed by atoms with van der Waals surface area (Å²) in [6.07, 6.45) is 1.72. The van der Waals surface area contributed by atoms with Crippen molar-refractivity contribution in [3.63, 3.8) is 0 Å². The number of carbonyl (C=O) groups is 1. The SMILES string of the molecule is CC(NC(=O)c1ccc(Cl)cc1Br)c1nccs1. The molecule has 0 spiro atoms. The molecule has 0 fully saturated rings. The van der Waals surface area contributed by atoms with Gasteiger partial charge in [-0.1, -0.05) is 11.6 Å². The Morgan fingerprint density at radius 2 is 2.33 bits per heavy atom. The second kappa shape index (κ2) is 5.82. The van der Waals surface area contributed by atoms with Gasteiger partial charge >= 0.3 is 0 Å². The van der Waals surface area contributed by atoms with E-state index in [4.69, 9.17) is 11.6 Å². The Morgan fingerprint density at radius 3 is 2.94 bits per heavy atom. The van der Waals surface area contributed by atoms with Gasteiger partial charge in [0.25, 0.3) is 5.91 Å². The Labute approximate surface area is 122 Å². The highest BCUT2D eigenvalue weighted by molar-refractivity contribution is 9.10. The average molecular weight is 346 g/mol. The molecule has 1 unspecified atom stereocenters. The minimum Gasteiger partial charge on any atom is -0.343 e. The molecule has 0 radical (unpaired) electrons. The molecule has 1 aromatic carbocycles. The number of hydrogen-bond acceptors (Lipinski definition) is 3. The average Bonchev–Trinajstić information content (AvgIpc) is 2.81. The van der Waals surface area contributed by atoms with Crippen molar-refractivity contribution in [1.29, 1.82) is 0 Å². The number of carbonyl (C=O) groups excluding carboxylic acids is 1. The molecule has 0 saturated heterocycles. The molecule has 2 rings (SSSR count). The third kappa shape index (κ3) is 3.10. The zero-order valence-corrected chi connectivity index (χ0v) is 12.6. The van der Waals surface area contributed by atoms with Gasteiger partial charge < -0.3 is 5.32 Å². The number of nitrogens with zero attached hydrogens (tertiary/aromatic N) is 1. The van der Waals surface area contributed by atoms with E-state index in [9.17, 15) is 4.79 Å². The van der Waals surface area contributed by atoms with Crippen LogP contribution in [0.2, 0.25) is 5.02 Å². The standard InChI is InChI=1S/C12H10BrClN2OS/c1-7(12-15-4-5-18-12)16-11(17)9-3-2-8(14)6-10(9)13/h2-7H,1H3,(H,16,17). The van der Waals surface area contributed by atoms with E-state index < -0.39 is 0 Å². The summed E-state index contributed by atoms with van der Waals surface area (Å²) in [4.78, 5) is 16.2. The topological polar surface area (TPSA) is 42.0 Å². The van der Waals surface area contributed by atoms with Crippen LogP contribution in [0, 0.1) is 0 Å². The number of nitrogens with one attached hydrogen (secondary N) is 1. The summed E-state index contributed by atoms with van der Waals surface area (Å²) >= 11 is 10.7. The fourth-order valence-electron chi connectivity index (χ4n) is 1.46. The predicted octanol–water partition coefficient (Wildman–Crippen LogP) is 4.05. The first-order chi connectivity index (χ1) is 8.58. The third-order valence-electron chi connectivity index (χ3n) is 2.35. The molecule has 1 N–H and O–H groups in total. The number of halogens is 2. The van der Waals surface area contributed by atoms with Crippen LogP contribution in [0.15, 0.2) is 34.2 Å². The fraction of sp³-hybridized carbons (Fsp3) is 0.167. The lowest BCUT2D eigenvalue weighted by molar-refractivity contribution is 0.0939. The number of rotatable bonds is 3. The Morgan fingerprint density at radius 1 is 1.56 bits per heavy atom. The lowest BCUT2D eigenvalue weighted by atomic mass is 10.2. The number of benzene rings is 1. The molecule has 1 atom stereocenters. The monoisotopic (exact) mass is 344 g/mol. The molecule has 0 aliphatic rings. The third-order valence-corrected chi connectivity index (χ3v) is 4.19. The van der Waals surface area contributed by atoms with E-state index in [0.717, 1.165) is 5.01 Å². The maximum absolute atomic E-state index is 12.1. The van der Waals surface area contributed by atoms with E-state index >= 15 is 0 Å². The molecule has 6 heteroatoms. The van der Waals surface area contributed by atoms with Crippen LogP contribution in [0.3, 0.4) is 0 Å². The van der Waals surface area contributed by atoms with Gasteiger partial charge in [0.1, 0.15) is 5.01 Å². The molecule has 1 aromatic heterocycles. The van der Waals surface area contributed by atoms with Crippen LogP contribution in [0.25, 0.3) is 0 Å². The van der Waals surface area contributed by atoms with Crippen LogP contribution in [0.5, 0.6) is 0 Å². The molecule has 94 valence electrons. The molecule has 1 amide bonds. The van der Waals surface area contributed by atoms with Gasteiger partial charge in [-0.3, -0.25) is 4.79 Å². The van der Waals surface area contributed by atoms with Gasteiger partial charge in [-0.05, 0) is 41.1 Å². The summed E-state index contributed by atoms with van der Waals surface area (Å²) in [6, 6.07) is 4.97. The highest BCUT2D eigenvalue weighted by atomic mass is 79.9. The van der Waals surface area contributed by atoms with E-state index in [1.807, 2.05) is 12.3 Å². The summed E-state index contributed by atoms with van der Waals surface area (Å²) in [5, 5.41) is 6.25. The van der Waals surface area contributed by atoms with E-state index in [1.54, 1.807) is 24.4 Å². The summed E-state index contributed by atoms with van der Waals surface area (Å²) in [5.41, 5.74) is 0.558. The number of amides is 1. The maximum Gasteiger partial charge on any atom is 0.252 e. The number of hydrogen-bond donors (Lipinski definition) is 1. The second-order valence-electron chi connectivity index (χ2n) is 3.69. The summed E-state index contributed by atoms with van der Waals surface area (Å²) < 4.78 is 0.679.